The van der Waals surface area contributed by atoms with E-state index >= 15 is 0 Å². The minimum Gasteiger partial charge on any atom is -0.369 e. The quantitative estimate of drug-likeness (QED) is 0.446. The fourth-order valence-electron chi connectivity index (χ4n) is 1.63. The van der Waals surface area contributed by atoms with E-state index in [9.17, 15) is 4.79 Å². The predicted molar refractivity (Wildman–Crippen MR) is 75.7 cm³/mol. The number of amides is 1. The van der Waals surface area contributed by atoms with Crippen molar-refractivity contribution in [3.05, 3.63) is 11.4 Å². The Morgan fingerprint density at radius 3 is 2.47 bits per heavy atom. The Bertz CT molecular complexity index is 446. The van der Waals surface area contributed by atoms with Crippen molar-refractivity contribution < 1.29 is 4.79 Å². The van der Waals surface area contributed by atoms with Crippen LogP contribution in [0, 0.1) is 13.8 Å². The summed E-state index contributed by atoms with van der Waals surface area (Å²) in [5.41, 5.74) is 3.36. The topological polar surface area (TPSA) is 105 Å². The predicted octanol–water partition coefficient (Wildman–Crippen LogP) is 0.706. The van der Waals surface area contributed by atoms with E-state index in [1.165, 1.54) is 0 Å². The molecule has 1 aromatic rings. The molecule has 0 saturated heterocycles. The molecule has 1 heterocycles. The Kier molecular flexibility index (Phi) is 5.50. The van der Waals surface area contributed by atoms with Gasteiger partial charge in [-0.25, -0.2) is 15.8 Å². The average molecular weight is 266 g/mol. The minimum atomic E-state index is 0.0168. The summed E-state index contributed by atoms with van der Waals surface area (Å²) in [6.45, 7) is 8.03. The number of hydrogen-bond acceptors (Lipinski definition) is 6. The van der Waals surface area contributed by atoms with Gasteiger partial charge in [-0.2, -0.15) is 0 Å². The van der Waals surface area contributed by atoms with Crippen LogP contribution in [0.3, 0.4) is 0 Å². The highest BCUT2D eigenvalue weighted by Crippen LogP contribution is 2.18. The summed E-state index contributed by atoms with van der Waals surface area (Å²) in [5, 5.41) is 5.96. The summed E-state index contributed by atoms with van der Waals surface area (Å²) >= 11 is 0. The number of nitrogen functional groups attached to an aromatic ring is 1. The van der Waals surface area contributed by atoms with Crippen LogP contribution in [0.4, 0.5) is 11.6 Å². The van der Waals surface area contributed by atoms with Crippen LogP contribution in [0.2, 0.25) is 0 Å². The standard InChI is InChI=1S/C12H22N6O/c1-7(2)15-10(19)5-6-14-11-8(3)12(18-13)17-9(4)16-11/h7H,5-6,13H2,1-4H3,(H,15,19)(H2,14,16,17,18). The number of nitrogens with one attached hydrogen (secondary N) is 3. The average Bonchev–Trinajstić information content (AvgIpc) is 2.32. The summed E-state index contributed by atoms with van der Waals surface area (Å²) in [5.74, 6) is 7.30. The van der Waals surface area contributed by atoms with Crippen LogP contribution in [0.25, 0.3) is 0 Å². The lowest BCUT2D eigenvalue weighted by molar-refractivity contribution is -0.121. The van der Waals surface area contributed by atoms with Gasteiger partial charge in [-0.15, -0.1) is 0 Å². The van der Waals surface area contributed by atoms with E-state index in [0.717, 1.165) is 5.56 Å². The number of anilines is 2. The van der Waals surface area contributed by atoms with Crippen molar-refractivity contribution in [1.82, 2.24) is 15.3 Å². The number of nitrogens with zero attached hydrogens (tertiary/aromatic N) is 2. The number of hydrogen-bond donors (Lipinski definition) is 4. The van der Waals surface area contributed by atoms with Crippen molar-refractivity contribution in [3.8, 4) is 0 Å². The zero-order chi connectivity index (χ0) is 14.4. The molecule has 1 amide bonds. The highest BCUT2D eigenvalue weighted by Gasteiger charge is 2.09. The summed E-state index contributed by atoms with van der Waals surface area (Å²) in [4.78, 5) is 20.0. The van der Waals surface area contributed by atoms with E-state index in [-0.39, 0.29) is 11.9 Å². The third kappa shape index (κ3) is 4.70. The van der Waals surface area contributed by atoms with E-state index in [2.05, 4.69) is 26.0 Å². The van der Waals surface area contributed by atoms with Gasteiger partial charge in [-0.3, -0.25) is 4.79 Å². The van der Waals surface area contributed by atoms with Crippen LogP contribution in [0.1, 0.15) is 31.7 Å². The molecule has 0 aliphatic carbocycles. The zero-order valence-corrected chi connectivity index (χ0v) is 11.9. The second-order valence-corrected chi connectivity index (χ2v) is 4.64. The Labute approximate surface area is 113 Å². The van der Waals surface area contributed by atoms with Crippen LogP contribution in [-0.4, -0.2) is 28.5 Å². The minimum absolute atomic E-state index is 0.0168. The highest BCUT2D eigenvalue weighted by atomic mass is 16.1. The molecule has 0 unspecified atom stereocenters. The second-order valence-electron chi connectivity index (χ2n) is 4.64. The fraction of sp³-hybridized carbons (Fsp3) is 0.583. The number of aryl methyl sites for hydroxylation is 1. The molecule has 1 aromatic heterocycles. The van der Waals surface area contributed by atoms with Gasteiger partial charge in [0.05, 0.1) is 0 Å². The number of carbonyl (C=O) groups excluding carboxylic acids is 1. The van der Waals surface area contributed by atoms with Crippen LogP contribution in [0.5, 0.6) is 0 Å². The number of hydrazine groups is 1. The van der Waals surface area contributed by atoms with Gasteiger partial charge < -0.3 is 16.1 Å². The van der Waals surface area contributed by atoms with Crippen molar-refractivity contribution in [2.45, 2.75) is 40.2 Å². The lowest BCUT2D eigenvalue weighted by Gasteiger charge is -2.13. The molecule has 7 heteroatoms. The molecule has 0 atom stereocenters. The van der Waals surface area contributed by atoms with Gasteiger partial charge in [0.25, 0.3) is 0 Å². The normalized spacial score (nSPS) is 10.4. The van der Waals surface area contributed by atoms with Crippen LogP contribution in [0.15, 0.2) is 0 Å². The number of nitrogens with two attached hydrogens (primary N) is 1. The molecule has 0 aliphatic heterocycles. The van der Waals surface area contributed by atoms with Gasteiger partial charge in [0.1, 0.15) is 17.5 Å². The SMILES string of the molecule is Cc1nc(NN)c(C)c(NCCC(=O)NC(C)C)n1. The van der Waals surface area contributed by atoms with Crippen LogP contribution >= 0.6 is 0 Å². The van der Waals surface area contributed by atoms with Crippen molar-refractivity contribution in [1.29, 1.82) is 0 Å². The Morgan fingerprint density at radius 1 is 1.26 bits per heavy atom. The fourth-order valence-corrected chi connectivity index (χ4v) is 1.63. The van der Waals surface area contributed by atoms with Gasteiger partial charge in [-0.05, 0) is 27.7 Å². The van der Waals surface area contributed by atoms with Crippen molar-refractivity contribution >= 4 is 17.5 Å². The molecule has 0 spiro atoms. The first kappa shape index (κ1) is 15.2. The summed E-state index contributed by atoms with van der Waals surface area (Å²) in [7, 11) is 0. The first-order chi connectivity index (χ1) is 8.93. The molecule has 7 nitrogen and oxygen atoms in total. The lowest BCUT2D eigenvalue weighted by atomic mass is 10.3. The monoisotopic (exact) mass is 266 g/mol. The maximum Gasteiger partial charge on any atom is 0.221 e. The van der Waals surface area contributed by atoms with Gasteiger partial charge in [-0.1, -0.05) is 0 Å². The molecular formula is C12H22N6O. The molecule has 5 N–H and O–H groups in total. The van der Waals surface area contributed by atoms with Crippen LogP contribution in [-0.2, 0) is 4.79 Å². The number of aromatic nitrogens is 2. The molecule has 19 heavy (non-hydrogen) atoms. The molecular weight excluding hydrogens is 244 g/mol. The third-order valence-corrected chi connectivity index (χ3v) is 2.49. The zero-order valence-electron chi connectivity index (χ0n) is 11.9. The van der Waals surface area contributed by atoms with Gasteiger partial charge in [0, 0.05) is 24.6 Å². The van der Waals surface area contributed by atoms with Gasteiger partial charge in [0.2, 0.25) is 5.91 Å². The number of carbonyl (C=O) groups is 1. The lowest BCUT2D eigenvalue weighted by Crippen LogP contribution is -2.31. The third-order valence-electron chi connectivity index (χ3n) is 2.49. The summed E-state index contributed by atoms with van der Waals surface area (Å²) in [6.07, 6.45) is 0.395. The molecule has 1 rings (SSSR count). The van der Waals surface area contributed by atoms with Crippen molar-refractivity contribution in [2.75, 3.05) is 17.3 Å². The Morgan fingerprint density at radius 2 is 1.89 bits per heavy atom. The molecule has 0 saturated carbocycles. The molecule has 0 radical (unpaired) electrons. The largest absolute Gasteiger partial charge is 0.369 e. The summed E-state index contributed by atoms with van der Waals surface area (Å²) in [6, 6.07) is 0.156. The highest BCUT2D eigenvalue weighted by molar-refractivity contribution is 5.76. The first-order valence-electron chi connectivity index (χ1n) is 6.29. The maximum absolute atomic E-state index is 11.5. The van der Waals surface area contributed by atoms with Crippen molar-refractivity contribution in [3.63, 3.8) is 0 Å². The molecule has 0 bridgehead atoms. The first-order valence-corrected chi connectivity index (χ1v) is 6.29. The van der Waals surface area contributed by atoms with E-state index in [1.54, 1.807) is 6.92 Å². The maximum atomic E-state index is 11.5. The van der Waals surface area contributed by atoms with Crippen molar-refractivity contribution in [2.24, 2.45) is 5.84 Å². The van der Waals surface area contributed by atoms with E-state index in [4.69, 9.17) is 5.84 Å². The van der Waals surface area contributed by atoms with Gasteiger partial charge in [0.15, 0.2) is 0 Å². The van der Waals surface area contributed by atoms with Crippen LogP contribution < -0.4 is 21.9 Å². The smallest absolute Gasteiger partial charge is 0.221 e. The molecule has 106 valence electrons. The van der Waals surface area contributed by atoms with Gasteiger partial charge >= 0.3 is 0 Å². The number of rotatable bonds is 6. The molecule has 0 aromatic carbocycles. The molecule has 0 aliphatic rings. The van der Waals surface area contributed by atoms with E-state index in [0.29, 0.717) is 30.4 Å². The molecule has 0 fully saturated rings. The Hall–Kier alpha value is -1.89. The second kappa shape index (κ2) is 6.89. The Balaban J connectivity index is 2.58. The van der Waals surface area contributed by atoms with E-state index < -0.39 is 0 Å². The summed E-state index contributed by atoms with van der Waals surface area (Å²) < 4.78 is 0. The van der Waals surface area contributed by atoms with E-state index in [1.807, 2.05) is 20.8 Å².